The van der Waals surface area contributed by atoms with Crippen molar-refractivity contribution in [1.82, 2.24) is 14.9 Å². The van der Waals surface area contributed by atoms with Gasteiger partial charge in [0.05, 0.1) is 6.04 Å². The van der Waals surface area contributed by atoms with Crippen molar-refractivity contribution >= 4 is 23.5 Å². The van der Waals surface area contributed by atoms with Crippen molar-refractivity contribution in [2.24, 2.45) is 5.73 Å². The summed E-state index contributed by atoms with van der Waals surface area (Å²) in [5.74, 6) is 0.150. The van der Waals surface area contributed by atoms with E-state index in [1.807, 2.05) is 6.92 Å². The van der Waals surface area contributed by atoms with Crippen LogP contribution in [0.2, 0.25) is 0 Å². The lowest BCUT2D eigenvalue weighted by molar-refractivity contribution is -0.120. The number of rotatable bonds is 5. The first-order valence-electron chi connectivity index (χ1n) is 8.51. The Morgan fingerprint density at radius 3 is 2.27 bits per heavy atom. The molecule has 0 unspecified atom stereocenters. The minimum atomic E-state index is -0.489. The average molecular weight is 354 g/mol. The fourth-order valence-corrected chi connectivity index (χ4v) is 2.89. The van der Waals surface area contributed by atoms with Crippen LogP contribution in [0.15, 0.2) is 42.7 Å². The Morgan fingerprint density at radius 2 is 1.69 bits per heavy atom. The molecule has 1 aliphatic rings. The van der Waals surface area contributed by atoms with Gasteiger partial charge in [0.25, 0.3) is 0 Å². The lowest BCUT2D eigenvalue weighted by Crippen LogP contribution is -2.53. The third-order valence-electron chi connectivity index (χ3n) is 4.51. The van der Waals surface area contributed by atoms with Crippen molar-refractivity contribution in [3.05, 3.63) is 48.3 Å². The van der Waals surface area contributed by atoms with Crippen LogP contribution in [0.25, 0.3) is 0 Å². The second kappa shape index (κ2) is 7.92. The molecule has 0 spiro atoms. The van der Waals surface area contributed by atoms with E-state index in [-0.39, 0.29) is 11.9 Å². The van der Waals surface area contributed by atoms with E-state index in [1.165, 1.54) is 0 Å². The number of primary amides is 1. The minimum Gasteiger partial charge on any atom is -0.366 e. The maximum absolute atomic E-state index is 12.5. The van der Waals surface area contributed by atoms with E-state index in [4.69, 9.17) is 5.73 Å². The van der Waals surface area contributed by atoms with Gasteiger partial charge in [-0.2, -0.15) is 0 Å². The van der Waals surface area contributed by atoms with Gasteiger partial charge in [-0.25, -0.2) is 9.97 Å². The second-order valence-corrected chi connectivity index (χ2v) is 6.18. The van der Waals surface area contributed by atoms with Gasteiger partial charge in [0.1, 0.15) is 0 Å². The first kappa shape index (κ1) is 17.8. The van der Waals surface area contributed by atoms with E-state index < -0.39 is 5.91 Å². The summed E-state index contributed by atoms with van der Waals surface area (Å²) < 4.78 is 0. The largest absolute Gasteiger partial charge is 0.366 e. The standard InChI is InChI=1S/C18H22N6O2/c1-13(17(26)22-15-5-3-14(4-6-15)16(19)25)23-9-11-24(12-10-23)18-20-7-2-8-21-18/h2-8,13H,9-12H2,1H3,(H2,19,25)(H,22,26)/t13-/m0/s1. The van der Waals surface area contributed by atoms with E-state index in [0.717, 1.165) is 32.1 Å². The van der Waals surface area contributed by atoms with E-state index in [0.29, 0.717) is 11.3 Å². The molecule has 0 aliphatic carbocycles. The number of hydrogen-bond acceptors (Lipinski definition) is 6. The number of nitrogens with one attached hydrogen (secondary N) is 1. The third kappa shape index (κ3) is 4.15. The number of piperazine rings is 1. The van der Waals surface area contributed by atoms with Gasteiger partial charge in [-0.1, -0.05) is 0 Å². The number of nitrogens with zero attached hydrogens (tertiary/aromatic N) is 4. The van der Waals surface area contributed by atoms with E-state index in [2.05, 4.69) is 25.1 Å². The molecule has 1 fully saturated rings. The fourth-order valence-electron chi connectivity index (χ4n) is 2.89. The molecular weight excluding hydrogens is 332 g/mol. The molecule has 2 heterocycles. The highest BCUT2D eigenvalue weighted by molar-refractivity contribution is 5.96. The first-order chi connectivity index (χ1) is 12.5. The number of carbonyl (C=O) groups is 2. The number of nitrogens with two attached hydrogens (primary N) is 1. The van der Waals surface area contributed by atoms with Crippen molar-refractivity contribution in [2.75, 3.05) is 36.4 Å². The lowest BCUT2D eigenvalue weighted by Gasteiger charge is -2.37. The minimum absolute atomic E-state index is 0.0822. The quantitative estimate of drug-likeness (QED) is 0.820. The molecule has 2 amide bonds. The SMILES string of the molecule is C[C@@H](C(=O)Nc1ccc(C(N)=O)cc1)N1CCN(c2ncccn2)CC1. The van der Waals surface area contributed by atoms with Crippen molar-refractivity contribution in [3.8, 4) is 0 Å². The highest BCUT2D eigenvalue weighted by Gasteiger charge is 2.26. The molecule has 2 aromatic rings. The van der Waals surface area contributed by atoms with Gasteiger partial charge in [0.15, 0.2) is 0 Å². The number of aromatic nitrogens is 2. The number of benzene rings is 1. The molecule has 1 saturated heterocycles. The van der Waals surface area contributed by atoms with Gasteiger partial charge < -0.3 is 16.0 Å². The van der Waals surface area contributed by atoms with Crippen molar-refractivity contribution in [1.29, 1.82) is 0 Å². The van der Waals surface area contributed by atoms with E-state index >= 15 is 0 Å². The second-order valence-electron chi connectivity index (χ2n) is 6.18. The predicted molar refractivity (Wildman–Crippen MR) is 98.9 cm³/mol. The smallest absolute Gasteiger partial charge is 0.248 e. The molecule has 3 N–H and O–H groups in total. The fraction of sp³-hybridized carbons (Fsp3) is 0.333. The molecule has 3 rings (SSSR count). The Labute approximate surface area is 152 Å². The zero-order valence-electron chi connectivity index (χ0n) is 14.6. The van der Waals surface area contributed by atoms with Crippen molar-refractivity contribution in [3.63, 3.8) is 0 Å². The highest BCUT2D eigenvalue weighted by atomic mass is 16.2. The molecule has 1 aromatic heterocycles. The third-order valence-corrected chi connectivity index (χ3v) is 4.51. The number of carbonyl (C=O) groups excluding carboxylic acids is 2. The summed E-state index contributed by atoms with van der Waals surface area (Å²) in [6.07, 6.45) is 3.46. The maximum atomic E-state index is 12.5. The molecular formula is C18H22N6O2. The van der Waals surface area contributed by atoms with Gasteiger partial charge in [0, 0.05) is 49.8 Å². The topological polar surface area (TPSA) is 104 Å². The first-order valence-corrected chi connectivity index (χ1v) is 8.51. The van der Waals surface area contributed by atoms with Crippen LogP contribution in [-0.2, 0) is 4.79 Å². The van der Waals surface area contributed by atoms with Crippen molar-refractivity contribution < 1.29 is 9.59 Å². The Morgan fingerprint density at radius 1 is 1.08 bits per heavy atom. The average Bonchev–Trinajstić information content (AvgIpc) is 2.68. The number of amides is 2. The lowest BCUT2D eigenvalue weighted by atomic mass is 10.2. The van der Waals surface area contributed by atoms with Crippen LogP contribution in [0, 0.1) is 0 Å². The molecule has 1 atom stereocenters. The van der Waals surface area contributed by atoms with Gasteiger partial charge >= 0.3 is 0 Å². The maximum Gasteiger partial charge on any atom is 0.248 e. The van der Waals surface area contributed by atoms with Gasteiger partial charge in [0.2, 0.25) is 17.8 Å². The van der Waals surface area contributed by atoms with Crippen LogP contribution in [0.1, 0.15) is 17.3 Å². The molecule has 1 aliphatic heterocycles. The summed E-state index contributed by atoms with van der Waals surface area (Å²) in [7, 11) is 0. The number of hydrogen-bond donors (Lipinski definition) is 2. The molecule has 0 saturated carbocycles. The zero-order valence-corrected chi connectivity index (χ0v) is 14.6. The van der Waals surface area contributed by atoms with Crippen LogP contribution in [0.4, 0.5) is 11.6 Å². The summed E-state index contributed by atoms with van der Waals surface area (Å²) in [6, 6.07) is 8.08. The monoisotopic (exact) mass is 354 g/mol. The molecule has 26 heavy (non-hydrogen) atoms. The van der Waals surface area contributed by atoms with Gasteiger partial charge in [-0.15, -0.1) is 0 Å². The zero-order chi connectivity index (χ0) is 18.5. The molecule has 0 radical (unpaired) electrons. The molecule has 136 valence electrons. The summed E-state index contributed by atoms with van der Waals surface area (Å²) in [5, 5.41) is 2.88. The normalized spacial score (nSPS) is 16.1. The van der Waals surface area contributed by atoms with Crippen LogP contribution in [0.5, 0.6) is 0 Å². The van der Waals surface area contributed by atoms with E-state index in [9.17, 15) is 9.59 Å². The highest BCUT2D eigenvalue weighted by Crippen LogP contribution is 2.14. The van der Waals surface area contributed by atoms with Crippen LogP contribution in [0.3, 0.4) is 0 Å². The van der Waals surface area contributed by atoms with E-state index in [1.54, 1.807) is 42.7 Å². The number of anilines is 2. The Hall–Kier alpha value is -3.00. The van der Waals surface area contributed by atoms with Crippen LogP contribution < -0.4 is 16.0 Å². The Kier molecular flexibility index (Phi) is 5.43. The Bertz CT molecular complexity index is 757. The predicted octanol–water partition coefficient (Wildman–Crippen LogP) is 0.725. The molecule has 8 nitrogen and oxygen atoms in total. The molecule has 8 heteroatoms. The summed E-state index contributed by atoms with van der Waals surface area (Å²) in [4.78, 5) is 36.4. The Balaban J connectivity index is 1.53. The van der Waals surface area contributed by atoms with Crippen molar-refractivity contribution in [2.45, 2.75) is 13.0 Å². The summed E-state index contributed by atoms with van der Waals surface area (Å²) in [6.45, 7) is 4.95. The molecule has 1 aromatic carbocycles. The van der Waals surface area contributed by atoms with Crippen LogP contribution in [-0.4, -0.2) is 58.9 Å². The van der Waals surface area contributed by atoms with Gasteiger partial charge in [-0.3, -0.25) is 14.5 Å². The van der Waals surface area contributed by atoms with Gasteiger partial charge in [-0.05, 0) is 37.3 Å². The van der Waals surface area contributed by atoms with Crippen LogP contribution >= 0.6 is 0 Å². The molecule has 0 bridgehead atoms. The summed E-state index contributed by atoms with van der Waals surface area (Å²) >= 11 is 0. The summed E-state index contributed by atoms with van der Waals surface area (Å²) in [5.41, 5.74) is 6.27.